The molecule has 12 rings (SSSR count). The Morgan fingerprint density at radius 2 is 0.820 bits per heavy atom. The Kier molecular flexibility index (Phi) is 8.39. The molecule has 61 heavy (non-hydrogen) atoms. The summed E-state index contributed by atoms with van der Waals surface area (Å²) in [5, 5.41) is 7.33. The van der Waals surface area contributed by atoms with Crippen molar-refractivity contribution in [1.82, 2.24) is 0 Å². The first-order chi connectivity index (χ1) is 30.2. The maximum absolute atomic E-state index is 6.97. The molecule has 10 aromatic carbocycles. The van der Waals surface area contributed by atoms with Crippen LogP contribution in [0, 0.1) is 0 Å². The van der Waals surface area contributed by atoms with E-state index in [-0.39, 0.29) is 0 Å². The van der Waals surface area contributed by atoms with Crippen LogP contribution in [0.15, 0.2) is 229 Å². The van der Waals surface area contributed by atoms with Crippen molar-refractivity contribution in [2.45, 2.75) is 0 Å². The molecular formula is C58H37NOS. The summed E-state index contributed by atoms with van der Waals surface area (Å²) in [6, 6.07) is 80.9. The third-order valence-electron chi connectivity index (χ3n) is 12.1. The second-order valence-electron chi connectivity index (χ2n) is 15.6. The first-order valence-electron chi connectivity index (χ1n) is 20.7. The number of anilines is 3. The van der Waals surface area contributed by atoms with E-state index in [9.17, 15) is 0 Å². The van der Waals surface area contributed by atoms with Gasteiger partial charge in [-0.15, -0.1) is 11.3 Å². The van der Waals surface area contributed by atoms with Crippen LogP contribution in [0.3, 0.4) is 0 Å². The highest BCUT2D eigenvalue weighted by Crippen LogP contribution is 2.45. The summed E-state index contributed by atoms with van der Waals surface area (Å²) in [7, 11) is 0. The van der Waals surface area contributed by atoms with Gasteiger partial charge in [-0.2, -0.15) is 0 Å². The Balaban J connectivity index is 0.940. The summed E-state index contributed by atoms with van der Waals surface area (Å²) in [4.78, 5) is 2.33. The van der Waals surface area contributed by atoms with Gasteiger partial charge in [-0.3, -0.25) is 0 Å². The van der Waals surface area contributed by atoms with Crippen LogP contribution in [0.25, 0.3) is 97.4 Å². The molecule has 0 spiro atoms. The number of nitrogens with zero attached hydrogens (tertiary/aromatic N) is 1. The topological polar surface area (TPSA) is 16.4 Å². The lowest BCUT2D eigenvalue weighted by atomic mass is 9.98. The largest absolute Gasteiger partial charge is 0.453 e. The molecule has 0 bridgehead atoms. The third kappa shape index (κ3) is 6.09. The number of hydrogen-bond acceptors (Lipinski definition) is 3. The van der Waals surface area contributed by atoms with E-state index in [1.54, 1.807) is 0 Å². The lowest BCUT2D eigenvalue weighted by Gasteiger charge is -2.26. The minimum absolute atomic E-state index is 0.854. The zero-order valence-electron chi connectivity index (χ0n) is 33.1. The number of hydrogen-bond donors (Lipinski definition) is 0. The zero-order valence-corrected chi connectivity index (χ0v) is 33.9. The van der Waals surface area contributed by atoms with Gasteiger partial charge < -0.3 is 9.32 Å². The van der Waals surface area contributed by atoms with Crippen molar-refractivity contribution in [3.63, 3.8) is 0 Å². The molecule has 0 aliphatic rings. The molecule has 3 heteroatoms. The maximum atomic E-state index is 6.97. The van der Waals surface area contributed by atoms with Crippen molar-refractivity contribution in [1.29, 1.82) is 0 Å². The van der Waals surface area contributed by atoms with E-state index >= 15 is 0 Å². The molecule has 2 nitrogen and oxygen atoms in total. The van der Waals surface area contributed by atoms with E-state index in [1.807, 2.05) is 11.3 Å². The lowest BCUT2D eigenvalue weighted by Crippen LogP contribution is -2.10. The monoisotopic (exact) mass is 795 g/mol. The molecule has 2 aromatic heterocycles. The lowest BCUT2D eigenvalue weighted by molar-refractivity contribution is 0.670. The smallest absolute Gasteiger partial charge is 0.159 e. The minimum Gasteiger partial charge on any atom is -0.453 e. The zero-order chi connectivity index (χ0) is 40.3. The van der Waals surface area contributed by atoms with Crippen molar-refractivity contribution in [2.75, 3.05) is 4.90 Å². The molecule has 0 N–H and O–H groups in total. The van der Waals surface area contributed by atoms with E-state index in [1.165, 1.54) is 58.8 Å². The van der Waals surface area contributed by atoms with Gasteiger partial charge in [-0.05, 0) is 92.2 Å². The molecular weight excluding hydrogens is 759 g/mol. The van der Waals surface area contributed by atoms with Gasteiger partial charge in [0, 0.05) is 47.9 Å². The van der Waals surface area contributed by atoms with Gasteiger partial charge in [0.1, 0.15) is 5.58 Å². The third-order valence-corrected chi connectivity index (χ3v) is 13.2. The Labute approximate surface area is 357 Å². The highest BCUT2D eigenvalue weighted by Gasteiger charge is 2.21. The Morgan fingerprint density at radius 3 is 1.59 bits per heavy atom. The fourth-order valence-electron chi connectivity index (χ4n) is 9.08. The van der Waals surface area contributed by atoms with Crippen LogP contribution < -0.4 is 4.90 Å². The van der Waals surface area contributed by atoms with Crippen molar-refractivity contribution in [3.05, 3.63) is 224 Å². The Hall–Kier alpha value is -7.72. The minimum atomic E-state index is 0.854. The highest BCUT2D eigenvalue weighted by atomic mass is 32.1. The standard InChI is InChI=1S/C58H37NOS/c1-2-11-42(12-3-1)49-18-9-19-52-53-20-10-21-54(58(53)60-57(49)52)59(46-34-29-43(30-35-46)48-17-8-14-41-13-4-5-15-47(41)48)45-32-27-39(28-33-45)38-23-25-40(26-24-38)44-31-36-51-50-16-6-7-22-55(50)61-56(51)37-44/h1-37H. The number of benzene rings is 10. The molecule has 0 radical (unpaired) electrons. The molecule has 2 heterocycles. The summed E-state index contributed by atoms with van der Waals surface area (Å²) in [6.07, 6.45) is 0. The number of thiophene rings is 1. The molecule has 0 atom stereocenters. The summed E-state index contributed by atoms with van der Waals surface area (Å²) in [6.45, 7) is 0. The van der Waals surface area contributed by atoms with E-state index in [0.717, 1.165) is 55.7 Å². The van der Waals surface area contributed by atoms with E-state index in [2.05, 4.69) is 229 Å². The molecule has 0 saturated carbocycles. The summed E-state index contributed by atoms with van der Waals surface area (Å²) in [5.41, 5.74) is 14.2. The van der Waals surface area contributed by atoms with Crippen molar-refractivity contribution in [3.8, 4) is 44.5 Å². The van der Waals surface area contributed by atoms with E-state index < -0.39 is 0 Å². The number of furan rings is 1. The first kappa shape index (κ1) is 35.2. The van der Waals surface area contributed by atoms with Crippen LogP contribution in [-0.2, 0) is 0 Å². The van der Waals surface area contributed by atoms with Gasteiger partial charge in [0.2, 0.25) is 0 Å². The van der Waals surface area contributed by atoms with Crippen molar-refractivity contribution >= 4 is 81.3 Å². The van der Waals surface area contributed by atoms with Gasteiger partial charge >= 0.3 is 0 Å². The van der Waals surface area contributed by atoms with Gasteiger partial charge in [0.15, 0.2) is 5.58 Å². The van der Waals surface area contributed by atoms with Crippen LogP contribution in [0.4, 0.5) is 17.1 Å². The quantitative estimate of drug-likeness (QED) is 0.160. The summed E-state index contributed by atoms with van der Waals surface area (Å²) < 4.78 is 9.62. The fourth-order valence-corrected chi connectivity index (χ4v) is 10.2. The predicted molar refractivity (Wildman–Crippen MR) is 261 cm³/mol. The van der Waals surface area contributed by atoms with Crippen LogP contribution in [0.2, 0.25) is 0 Å². The molecule has 0 aliphatic heterocycles. The number of rotatable bonds is 7. The van der Waals surface area contributed by atoms with Crippen LogP contribution in [0.5, 0.6) is 0 Å². The van der Waals surface area contributed by atoms with Gasteiger partial charge in [0.05, 0.1) is 5.69 Å². The molecule has 286 valence electrons. The van der Waals surface area contributed by atoms with E-state index in [4.69, 9.17) is 4.42 Å². The summed E-state index contributed by atoms with van der Waals surface area (Å²) >= 11 is 1.86. The molecule has 0 saturated heterocycles. The predicted octanol–water partition coefficient (Wildman–Crippen LogP) is 17.2. The Morgan fingerprint density at radius 1 is 0.311 bits per heavy atom. The van der Waals surface area contributed by atoms with Crippen LogP contribution in [0.1, 0.15) is 0 Å². The molecule has 0 unspecified atom stereocenters. The van der Waals surface area contributed by atoms with Gasteiger partial charge in [-0.1, -0.05) is 182 Å². The molecule has 12 aromatic rings. The first-order valence-corrected chi connectivity index (χ1v) is 21.6. The van der Waals surface area contributed by atoms with Crippen LogP contribution >= 0.6 is 11.3 Å². The average Bonchev–Trinajstić information content (AvgIpc) is 3.91. The van der Waals surface area contributed by atoms with Gasteiger partial charge in [0.25, 0.3) is 0 Å². The maximum Gasteiger partial charge on any atom is 0.159 e. The fraction of sp³-hybridized carbons (Fsp3) is 0. The van der Waals surface area contributed by atoms with Gasteiger partial charge in [-0.25, -0.2) is 0 Å². The van der Waals surface area contributed by atoms with Crippen LogP contribution in [-0.4, -0.2) is 0 Å². The normalized spacial score (nSPS) is 11.6. The average molecular weight is 796 g/mol. The SMILES string of the molecule is c1ccc(-c2cccc3c2oc2c(N(c4ccc(-c5ccc(-c6ccc7c(c6)sc6ccccc67)cc5)cc4)c4ccc(-c5cccc6ccccc56)cc4)cccc23)cc1. The molecule has 0 fully saturated rings. The second kappa shape index (κ2) is 14.5. The van der Waals surface area contributed by atoms with Crippen molar-refractivity contribution < 1.29 is 4.42 Å². The summed E-state index contributed by atoms with van der Waals surface area (Å²) in [5.74, 6) is 0. The molecule has 0 aliphatic carbocycles. The second-order valence-corrected chi connectivity index (χ2v) is 16.7. The van der Waals surface area contributed by atoms with Crippen molar-refractivity contribution in [2.24, 2.45) is 0 Å². The number of para-hydroxylation sites is 2. The number of fused-ring (bicyclic) bond motifs is 7. The molecule has 0 amide bonds. The Bertz CT molecular complexity index is 3560. The highest BCUT2D eigenvalue weighted by molar-refractivity contribution is 7.25. The van der Waals surface area contributed by atoms with E-state index in [0.29, 0.717) is 0 Å².